The van der Waals surface area contributed by atoms with Crippen molar-refractivity contribution < 1.29 is 28.8 Å². The van der Waals surface area contributed by atoms with Crippen molar-refractivity contribution in [1.82, 2.24) is 0 Å². The number of nitrogens with zero attached hydrogens (tertiary/aromatic N) is 2. The number of hydrogen-bond acceptors (Lipinski definition) is 4. The molecule has 0 N–H and O–H groups in total. The summed E-state index contributed by atoms with van der Waals surface area (Å²) < 4.78 is 2.56. The summed E-state index contributed by atoms with van der Waals surface area (Å²) in [5, 5.41) is 20.0. The SMILES string of the molecule is CCCCCCCCCC(=O)[O-].CCCCCCCCCC(=O)[O-].CC[N+](CC)(CC)CC.CC[N+](CC)(CC)CC. The molecule has 0 aliphatic carbocycles. The molecule has 0 bridgehead atoms. The van der Waals surface area contributed by atoms with Gasteiger partial charge in [0.1, 0.15) is 0 Å². The molecule has 6 heteroatoms. The monoisotopic (exact) mass is 603 g/mol. The van der Waals surface area contributed by atoms with Gasteiger partial charge in [0.05, 0.1) is 52.4 Å². The van der Waals surface area contributed by atoms with E-state index >= 15 is 0 Å². The summed E-state index contributed by atoms with van der Waals surface area (Å²) in [6.07, 6.45) is 16.7. The molecule has 0 aromatic rings. The van der Waals surface area contributed by atoms with Gasteiger partial charge in [-0.2, -0.15) is 0 Å². The zero-order chi connectivity index (χ0) is 33.1. The van der Waals surface area contributed by atoms with Gasteiger partial charge in [0.25, 0.3) is 0 Å². The van der Waals surface area contributed by atoms with Crippen LogP contribution in [0.5, 0.6) is 0 Å². The molecule has 0 saturated heterocycles. The van der Waals surface area contributed by atoms with Crippen LogP contribution in [0.3, 0.4) is 0 Å². The average Bonchev–Trinajstić information content (AvgIpc) is 3.00. The molecule has 0 aliphatic rings. The Balaban J connectivity index is -0.000000231. The van der Waals surface area contributed by atoms with E-state index in [0.717, 1.165) is 25.7 Å². The van der Waals surface area contributed by atoms with E-state index in [4.69, 9.17) is 0 Å². The van der Waals surface area contributed by atoms with Crippen LogP contribution >= 0.6 is 0 Å². The molecule has 0 spiro atoms. The van der Waals surface area contributed by atoms with Crippen LogP contribution in [0.2, 0.25) is 0 Å². The Morgan fingerprint density at radius 2 is 0.548 bits per heavy atom. The van der Waals surface area contributed by atoms with Crippen molar-refractivity contribution in [3.63, 3.8) is 0 Å². The van der Waals surface area contributed by atoms with Gasteiger partial charge in [-0.25, -0.2) is 0 Å². The van der Waals surface area contributed by atoms with E-state index in [1.165, 1.54) is 126 Å². The minimum atomic E-state index is -0.913. The van der Waals surface area contributed by atoms with Crippen molar-refractivity contribution in [1.29, 1.82) is 0 Å². The van der Waals surface area contributed by atoms with Gasteiger partial charge in [-0.05, 0) is 81.1 Å². The maximum Gasteiger partial charge on any atom is 0.0757 e. The Morgan fingerprint density at radius 3 is 0.690 bits per heavy atom. The molecular weight excluding hydrogens is 524 g/mol. The zero-order valence-electron chi connectivity index (χ0n) is 30.5. The first-order chi connectivity index (χ1) is 20.0. The lowest BCUT2D eigenvalue weighted by Crippen LogP contribution is -2.47. The van der Waals surface area contributed by atoms with Crippen LogP contribution in [0.1, 0.15) is 172 Å². The molecule has 0 radical (unpaired) electrons. The van der Waals surface area contributed by atoms with Crippen molar-refractivity contribution in [3.05, 3.63) is 0 Å². The first-order valence-electron chi connectivity index (χ1n) is 18.1. The van der Waals surface area contributed by atoms with Crippen molar-refractivity contribution in [3.8, 4) is 0 Å². The molecule has 0 aromatic heterocycles. The van der Waals surface area contributed by atoms with Gasteiger partial charge in [0.15, 0.2) is 0 Å². The van der Waals surface area contributed by atoms with Crippen LogP contribution in [0.25, 0.3) is 0 Å². The Kier molecular flexibility index (Phi) is 41.0. The Hall–Kier alpha value is -1.14. The van der Waals surface area contributed by atoms with Gasteiger partial charge >= 0.3 is 0 Å². The highest BCUT2D eigenvalue weighted by atomic mass is 16.4. The van der Waals surface area contributed by atoms with Gasteiger partial charge in [-0.15, -0.1) is 0 Å². The predicted molar refractivity (Wildman–Crippen MR) is 180 cm³/mol. The van der Waals surface area contributed by atoms with Crippen molar-refractivity contribution in [2.75, 3.05) is 52.4 Å². The molecular formula is C36H78N2O4. The number of carboxylic acid groups (broad SMARTS) is 2. The molecule has 0 aliphatic heterocycles. The molecule has 0 amide bonds. The lowest BCUT2D eigenvalue weighted by molar-refractivity contribution is -0.921. The lowest BCUT2D eigenvalue weighted by atomic mass is 10.1. The fourth-order valence-corrected chi connectivity index (χ4v) is 5.14. The highest BCUT2D eigenvalue weighted by molar-refractivity contribution is 5.64. The van der Waals surface area contributed by atoms with Crippen LogP contribution in [0.4, 0.5) is 0 Å². The lowest BCUT2D eigenvalue weighted by Gasteiger charge is -2.34. The number of quaternary nitrogens is 2. The molecule has 0 fully saturated rings. The van der Waals surface area contributed by atoms with Gasteiger partial charge in [0, 0.05) is 11.9 Å². The summed E-state index contributed by atoms with van der Waals surface area (Å²) in [6.45, 7) is 32.8. The van der Waals surface area contributed by atoms with E-state index in [1.54, 1.807) is 0 Å². The summed E-state index contributed by atoms with van der Waals surface area (Å²) >= 11 is 0. The predicted octanol–water partition coefficient (Wildman–Crippen LogP) is 7.52. The van der Waals surface area contributed by atoms with E-state index in [1.807, 2.05) is 0 Å². The summed E-state index contributed by atoms with van der Waals surface area (Å²) in [4.78, 5) is 20.0. The van der Waals surface area contributed by atoms with Crippen LogP contribution in [-0.4, -0.2) is 73.3 Å². The van der Waals surface area contributed by atoms with Gasteiger partial charge in [-0.3, -0.25) is 0 Å². The Morgan fingerprint density at radius 1 is 0.357 bits per heavy atom. The second kappa shape index (κ2) is 36.1. The van der Waals surface area contributed by atoms with Crippen molar-refractivity contribution >= 4 is 11.9 Å². The largest absolute Gasteiger partial charge is 0.550 e. The number of carboxylic acids is 2. The third-order valence-corrected chi connectivity index (χ3v) is 9.34. The number of rotatable bonds is 24. The second-order valence-electron chi connectivity index (χ2n) is 11.7. The molecule has 0 atom stereocenters. The molecule has 0 saturated carbocycles. The number of aliphatic carboxylic acids is 2. The highest BCUT2D eigenvalue weighted by Gasteiger charge is 2.17. The quantitative estimate of drug-likeness (QED) is 0.0845. The molecule has 0 unspecified atom stereocenters. The number of hydrogen-bond donors (Lipinski definition) is 0. The molecule has 0 heterocycles. The number of unbranched alkanes of at least 4 members (excludes halogenated alkanes) is 12. The van der Waals surface area contributed by atoms with Gasteiger partial charge in [0.2, 0.25) is 0 Å². The zero-order valence-corrected chi connectivity index (χ0v) is 30.5. The van der Waals surface area contributed by atoms with Crippen LogP contribution in [0, 0.1) is 0 Å². The summed E-state index contributed by atoms with van der Waals surface area (Å²) in [6, 6.07) is 0. The summed E-state index contributed by atoms with van der Waals surface area (Å²) in [7, 11) is 0. The van der Waals surface area contributed by atoms with Gasteiger partial charge in [-0.1, -0.05) is 90.9 Å². The standard InChI is InChI=1S/2C10H20O2.2C8H20N/c2*1-2-3-4-5-6-7-8-9-10(11)12;2*1-5-9(6-2,7-3)8-4/h2*2-9H2,1H3,(H,11,12);2*5-8H2,1-4H3/q;;2*+1/p-2. The maximum absolute atomic E-state index is 10.0. The minimum Gasteiger partial charge on any atom is -0.550 e. The summed E-state index contributed by atoms with van der Waals surface area (Å²) in [5.41, 5.74) is 0. The average molecular weight is 603 g/mol. The van der Waals surface area contributed by atoms with E-state index in [0.29, 0.717) is 0 Å². The fourth-order valence-electron chi connectivity index (χ4n) is 5.14. The highest BCUT2D eigenvalue weighted by Crippen LogP contribution is 2.09. The van der Waals surface area contributed by atoms with Crippen LogP contribution < -0.4 is 10.2 Å². The fraction of sp³-hybridized carbons (Fsp3) is 0.944. The first-order valence-corrected chi connectivity index (χ1v) is 18.1. The van der Waals surface area contributed by atoms with E-state index in [-0.39, 0.29) is 12.8 Å². The Labute approximate surface area is 264 Å². The normalized spacial score (nSPS) is 10.9. The third-order valence-electron chi connectivity index (χ3n) is 9.34. The number of carbonyl (C=O) groups is 2. The van der Waals surface area contributed by atoms with E-state index in [2.05, 4.69) is 69.2 Å². The smallest absolute Gasteiger partial charge is 0.0757 e. The molecule has 42 heavy (non-hydrogen) atoms. The maximum atomic E-state index is 10.0. The van der Waals surface area contributed by atoms with E-state index in [9.17, 15) is 19.8 Å². The minimum absolute atomic E-state index is 0.230. The van der Waals surface area contributed by atoms with E-state index < -0.39 is 11.9 Å². The van der Waals surface area contributed by atoms with Crippen molar-refractivity contribution in [2.24, 2.45) is 0 Å². The number of carbonyl (C=O) groups excluding carboxylic acids is 2. The van der Waals surface area contributed by atoms with Crippen molar-refractivity contribution in [2.45, 2.75) is 172 Å². The molecule has 6 nitrogen and oxygen atoms in total. The van der Waals surface area contributed by atoms with Gasteiger partial charge < -0.3 is 28.8 Å². The molecule has 0 aromatic carbocycles. The van der Waals surface area contributed by atoms with Crippen LogP contribution in [0.15, 0.2) is 0 Å². The second-order valence-corrected chi connectivity index (χ2v) is 11.7. The van der Waals surface area contributed by atoms with Crippen LogP contribution in [-0.2, 0) is 9.59 Å². The topological polar surface area (TPSA) is 80.3 Å². The summed E-state index contributed by atoms with van der Waals surface area (Å²) in [5.74, 6) is -1.83. The first kappa shape index (κ1) is 47.8. The molecule has 0 rings (SSSR count). The third kappa shape index (κ3) is 33.4. The molecule has 256 valence electrons. The Bertz CT molecular complexity index is 463.